The van der Waals surface area contributed by atoms with E-state index in [9.17, 15) is 14.6 Å². The Bertz CT molecular complexity index is 579. The summed E-state index contributed by atoms with van der Waals surface area (Å²) in [6, 6.07) is 3.03. The molecule has 1 saturated carbocycles. The standard InChI is InChI=1S/C18H24FNO2/c1-3-12-4-6-13(7-5-12)11(2)20-10-14-8-9-15(21)17(19)16(14)18(20)22/h8-9,12-13,18,21-22H,2-7,10H2,1H3. The van der Waals surface area contributed by atoms with E-state index in [0.717, 1.165) is 30.0 Å². The molecule has 0 spiro atoms. The summed E-state index contributed by atoms with van der Waals surface area (Å²) in [5, 5.41) is 20.0. The number of halogens is 1. The predicted molar refractivity (Wildman–Crippen MR) is 83.4 cm³/mol. The van der Waals surface area contributed by atoms with E-state index in [1.807, 2.05) is 0 Å². The Morgan fingerprint density at radius 3 is 2.64 bits per heavy atom. The van der Waals surface area contributed by atoms with Crippen molar-refractivity contribution < 1.29 is 14.6 Å². The van der Waals surface area contributed by atoms with Gasteiger partial charge in [0, 0.05) is 17.8 Å². The van der Waals surface area contributed by atoms with Crippen LogP contribution in [-0.2, 0) is 6.54 Å². The molecule has 3 rings (SSSR count). The first-order valence-corrected chi connectivity index (χ1v) is 8.16. The Labute approximate surface area is 131 Å². The number of phenols is 1. The molecule has 4 heteroatoms. The fourth-order valence-electron chi connectivity index (χ4n) is 3.86. The molecule has 0 radical (unpaired) electrons. The van der Waals surface area contributed by atoms with Gasteiger partial charge in [-0.25, -0.2) is 4.39 Å². The molecule has 1 heterocycles. The highest BCUT2D eigenvalue weighted by atomic mass is 19.1. The number of hydrogen-bond donors (Lipinski definition) is 2. The molecule has 1 unspecified atom stereocenters. The summed E-state index contributed by atoms with van der Waals surface area (Å²) in [4.78, 5) is 1.78. The number of benzene rings is 1. The van der Waals surface area contributed by atoms with Gasteiger partial charge >= 0.3 is 0 Å². The van der Waals surface area contributed by atoms with Crippen molar-refractivity contribution in [2.45, 2.75) is 51.8 Å². The molecule has 1 aliphatic carbocycles. The minimum absolute atomic E-state index is 0.198. The van der Waals surface area contributed by atoms with Gasteiger partial charge in [0.05, 0.1) is 0 Å². The molecule has 1 aliphatic heterocycles. The minimum atomic E-state index is -1.04. The van der Waals surface area contributed by atoms with Gasteiger partial charge in [-0.05, 0) is 49.1 Å². The third kappa shape index (κ3) is 2.50. The second-order valence-electron chi connectivity index (χ2n) is 6.59. The summed E-state index contributed by atoms with van der Waals surface area (Å²) in [6.45, 7) is 6.87. The molecule has 120 valence electrons. The predicted octanol–water partition coefficient (Wildman–Crippen LogP) is 4.07. The van der Waals surface area contributed by atoms with Crippen molar-refractivity contribution >= 4 is 0 Å². The van der Waals surface area contributed by atoms with Crippen molar-refractivity contribution in [2.75, 3.05) is 0 Å². The number of nitrogens with zero attached hydrogens (tertiary/aromatic N) is 1. The van der Waals surface area contributed by atoms with Gasteiger partial charge < -0.3 is 15.1 Å². The number of fused-ring (bicyclic) bond motifs is 1. The van der Waals surface area contributed by atoms with Crippen molar-refractivity contribution in [2.24, 2.45) is 11.8 Å². The van der Waals surface area contributed by atoms with Crippen LogP contribution in [0.2, 0.25) is 0 Å². The third-order valence-corrected chi connectivity index (χ3v) is 5.41. The van der Waals surface area contributed by atoms with Crippen LogP contribution in [0.4, 0.5) is 4.39 Å². The Kier molecular flexibility index (Phi) is 4.13. The van der Waals surface area contributed by atoms with Crippen LogP contribution in [-0.4, -0.2) is 15.1 Å². The highest BCUT2D eigenvalue weighted by Gasteiger charge is 2.36. The number of phenolic OH excluding ortho intramolecular Hbond substituents is 1. The first kappa shape index (κ1) is 15.3. The van der Waals surface area contributed by atoms with E-state index in [2.05, 4.69) is 13.5 Å². The highest BCUT2D eigenvalue weighted by Crippen LogP contribution is 2.43. The number of aliphatic hydroxyl groups excluding tert-OH is 1. The van der Waals surface area contributed by atoms with E-state index in [1.54, 1.807) is 11.0 Å². The smallest absolute Gasteiger partial charge is 0.172 e. The fourth-order valence-corrected chi connectivity index (χ4v) is 3.86. The second kappa shape index (κ2) is 5.92. The van der Waals surface area contributed by atoms with E-state index in [4.69, 9.17) is 0 Å². The van der Waals surface area contributed by atoms with Crippen molar-refractivity contribution in [3.63, 3.8) is 0 Å². The normalized spacial score (nSPS) is 27.8. The summed E-state index contributed by atoms with van der Waals surface area (Å²) >= 11 is 0. The first-order valence-electron chi connectivity index (χ1n) is 8.16. The van der Waals surface area contributed by atoms with Crippen molar-refractivity contribution in [1.29, 1.82) is 0 Å². The molecule has 2 N–H and O–H groups in total. The van der Waals surface area contributed by atoms with Gasteiger partial charge in [-0.1, -0.05) is 26.0 Å². The molecule has 1 aromatic carbocycles. The summed E-state index contributed by atoms with van der Waals surface area (Å²) in [5.41, 5.74) is 1.83. The van der Waals surface area contributed by atoms with Crippen LogP contribution in [0.3, 0.4) is 0 Å². The number of allylic oxidation sites excluding steroid dienone is 1. The number of hydrogen-bond acceptors (Lipinski definition) is 3. The topological polar surface area (TPSA) is 43.7 Å². The minimum Gasteiger partial charge on any atom is -0.505 e. The number of aliphatic hydroxyl groups is 1. The van der Waals surface area contributed by atoms with Gasteiger partial charge in [-0.2, -0.15) is 0 Å². The van der Waals surface area contributed by atoms with E-state index < -0.39 is 17.8 Å². The first-order chi connectivity index (χ1) is 10.5. The Morgan fingerprint density at radius 2 is 2.00 bits per heavy atom. The summed E-state index contributed by atoms with van der Waals surface area (Å²) in [6.07, 6.45) is 4.76. The van der Waals surface area contributed by atoms with Crippen LogP contribution >= 0.6 is 0 Å². The summed E-state index contributed by atoms with van der Waals surface area (Å²) < 4.78 is 14.1. The van der Waals surface area contributed by atoms with Crippen LogP contribution in [0.5, 0.6) is 5.75 Å². The molecule has 22 heavy (non-hydrogen) atoms. The Balaban J connectivity index is 1.75. The lowest BCUT2D eigenvalue weighted by Gasteiger charge is -2.35. The zero-order valence-electron chi connectivity index (χ0n) is 13.1. The monoisotopic (exact) mass is 305 g/mol. The number of rotatable bonds is 3. The Hall–Kier alpha value is -1.55. The lowest BCUT2D eigenvalue weighted by Crippen LogP contribution is -2.28. The zero-order valence-corrected chi connectivity index (χ0v) is 13.1. The summed E-state index contributed by atoms with van der Waals surface area (Å²) in [7, 11) is 0. The maximum absolute atomic E-state index is 14.1. The molecule has 1 fully saturated rings. The van der Waals surface area contributed by atoms with Gasteiger partial charge in [0.2, 0.25) is 0 Å². The van der Waals surface area contributed by atoms with Gasteiger partial charge in [0.25, 0.3) is 0 Å². The molecule has 3 nitrogen and oxygen atoms in total. The van der Waals surface area contributed by atoms with Gasteiger partial charge in [0.1, 0.15) is 0 Å². The van der Waals surface area contributed by atoms with Crippen LogP contribution in [0, 0.1) is 17.7 Å². The second-order valence-corrected chi connectivity index (χ2v) is 6.59. The van der Waals surface area contributed by atoms with E-state index in [1.165, 1.54) is 25.3 Å². The molecule has 1 atom stereocenters. The molecule has 2 aliphatic rings. The van der Waals surface area contributed by atoms with E-state index >= 15 is 0 Å². The molecule has 0 saturated heterocycles. The maximum Gasteiger partial charge on any atom is 0.172 e. The lowest BCUT2D eigenvalue weighted by atomic mass is 9.79. The zero-order chi connectivity index (χ0) is 15.9. The highest BCUT2D eigenvalue weighted by molar-refractivity contribution is 5.41. The number of aromatic hydroxyl groups is 1. The van der Waals surface area contributed by atoms with Gasteiger partial charge in [-0.3, -0.25) is 0 Å². The van der Waals surface area contributed by atoms with Crippen LogP contribution in [0.1, 0.15) is 56.4 Å². The van der Waals surface area contributed by atoms with Crippen LogP contribution in [0.15, 0.2) is 24.4 Å². The lowest BCUT2D eigenvalue weighted by molar-refractivity contribution is 0.0257. The van der Waals surface area contributed by atoms with Crippen molar-refractivity contribution in [3.05, 3.63) is 41.4 Å². The van der Waals surface area contributed by atoms with Crippen molar-refractivity contribution in [3.8, 4) is 5.75 Å². The summed E-state index contributed by atoms with van der Waals surface area (Å²) in [5.74, 6) is 0.0475. The molecular weight excluding hydrogens is 281 g/mol. The van der Waals surface area contributed by atoms with Gasteiger partial charge in [-0.15, -0.1) is 0 Å². The van der Waals surface area contributed by atoms with Gasteiger partial charge in [0.15, 0.2) is 17.8 Å². The van der Waals surface area contributed by atoms with Crippen LogP contribution in [0.25, 0.3) is 0 Å². The van der Waals surface area contributed by atoms with Crippen molar-refractivity contribution in [1.82, 2.24) is 4.90 Å². The van der Waals surface area contributed by atoms with Crippen LogP contribution < -0.4 is 0 Å². The average molecular weight is 305 g/mol. The largest absolute Gasteiger partial charge is 0.505 e. The van der Waals surface area contributed by atoms with E-state index in [-0.39, 0.29) is 5.56 Å². The quantitative estimate of drug-likeness (QED) is 0.885. The Morgan fingerprint density at radius 1 is 1.32 bits per heavy atom. The molecule has 1 aromatic rings. The average Bonchev–Trinajstić information content (AvgIpc) is 2.88. The molecule has 0 aromatic heterocycles. The molecule has 0 amide bonds. The van der Waals surface area contributed by atoms with E-state index in [0.29, 0.717) is 12.5 Å². The SMILES string of the molecule is C=C(C1CCC(CC)CC1)N1Cc2ccc(O)c(F)c2C1O. The fraction of sp³-hybridized carbons (Fsp3) is 0.556. The maximum atomic E-state index is 14.1. The third-order valence-electron chi connectivity index (χ3n) is 5.41. The molecular formula is C18H24FNO2. The molecule has 0 bridgehead atoms.